The van der Waals surface area contributed by atoms with E-state index in [-0.39, 0.29) is 11.7 Å². The highest BCUT2D eigenvalue weighted by molar-refractivity contribution is 5.33. The fourth-order valence-electron chi connectivity index (χ4n) is 6.26. The van der Waals surface area contributed by atoms with Crippen molar-refractivity contribution in [3.8, 4) is 5.75 Å². The molecule has 3 heteroatoms. The van der Waals surface area contributed by atoms with Crippen molar-refractivity contribution in [1.82, 2.24) is 0 Å². The Hall–Kier alpha value is -1.12. The van der Waals surface area contributed by atoms with E-state index in [2.05, 4.69) is 6.92 Å². The summed E-state index contributed by atoms with van der Waals surface area (Å²) in [4.78, 5) is 0. The third kappa shape index (κ3) is 8.25. The first-order valence-corrected chi connectivity index (χ1v) is 14.2. The molecular formula is C30H48F2O. The average Bonchev–Trinajstić information content (AvgIpc) is 2.85. The van der Waals surface area contributed by atoms with Crippen LogP contribution in [-0.2, 0) is 0 Å². The molecule has 1 aromatic carbocycles. The van der Waals surface area contributed by atoms with E-state index in [0.29, 0.717) is 12.2 Å². The quantitative estimate of drug-likeness (QED) is 0.265. The van der Waals surface area contributed by atoms with E-state index in [4.69, 9.17) is 4.74 Å². The maximum absolute atomic E-state index is 14.7. The molecule has 0 bridgehead atoms. The molecule has 0 unspecified atom stereocenters. The predicted octanol–water partition coefficient (Wildman–Crippen LogP) is 9.97. The molecule has 0 amide bonds. The Bertz CT molecular complexity index is 672. The Morgan fingerprint density at radius 1 is 0.667 bits per heavy atom. The highest BCUT2D eigenvalue weighted by Gasteiger charge is 2.28. The van der Waals surface area contributed by atoms with Gasteiger partial charge in [-0.25, -0.2) is 4.39 Å². The summed E-state index contributed by atoms with van der Waals surface area (Å²) in [7, 11) is 0. The van der Waals surface area contributed by atoms with Crippen LogP contribution >= 0.6 is 0 Å². The SMILES string of the molecule is CCCCCCCC1CCC(CCC2CCC(c3ccc(OCCC)c(F)c3F)CC2)CC1. The average molecular weight is 463 g/mol. The molecular weight excluding hydrogens is 414 g/mol. The monoisotopic (exact) mass is 462 g/mol. The van der Waals surface area contributed by atoms with Gasteiger partial charge in [-0.3, -0.25) is 0 Å². The lowest BCUT2D eigenvalue weighted by Crippen LogP contribution is -2.18. The van der Waals surface area contributed by atoms with Gasteiger partial charge in [-0.15, -0.1) is 0 Å². The maximum atomic E-state index is 14.7. The first-order chi connectivity index (χ1) is 16.1. The molecule has 0 spiro atoms. The fourth-order valence-corrected chi connectivity index (χ4v) is 6.26. The van der Waals surface area contributed by atoms with E-state index >= 15 is 0 Å². The zero-order valence-electron chi connectivity index (χ0n) is 21.4. The van der Waals surface area contributed by atoms with E-state index in [1.807, 2.05) is 6.92 Å². The lowest BCUT2D eigenvalue weighted by atomic mass is 9.74. The molecule has 0 radical (unpaired) electrons. The van der Waals surface area contributed by atoms with Crippen molar-refractivity contribution >= 4 is 0 Å². The minimum atomic E-state index is -0.806. The first-order valence-electron chi connectivity index (χ1n) is 14.2. The van der Waals surface area contributed by atoms with Gasteiger partial charge in [-0.1, -0.05) is 97.0 Å². The summed E-state index contributed by atoms with van der Waals surface area (Å²) >= 11 is 0. The zero-order chi connectivity index (χ0) is 23.5. The highest BCUT2D eigenvalue weighted by Crippen LogP contribution is 2.41. The zero-order valence-corrected chi connectivity index (χ0v) is 21.4. The van der Waals surface area contributed by atoms with Gasteiger partial charge in [0.05, 0.1) is 6.61 Å². The van der Waals surface area contributed by atoms with Crippen LogP contribution in [0.5, 0.6) is 5.75 Å². The van der Waals surface area contributed by atoms with Gasteiger partial charge in [0.15, 0.2) is 11.6 Å². The minimum Gasteiger partial charge on any atom is -0.490 e. The van der Waals surface area contributed by atoms with Crippen molar-refractivity contribution in [2.45, 2.75) is 129 Å². The van der Waals surface area contributed by atoms with Gasteiger partial charge in [0.2, 0.25) is 5.82 Å². The third-order valence-electron chi connectivity index (χ3n) is 8.49. The largest absolute Gasteiger partial charge is 0.490 e. The van der Waals surface area contributed by atoms with E-state index < -0.39 is 11.6 Å². The van der Waals surface area contributed by atoms with E-state index in [9.17, 15) is 8.78 Å². The van der Waals surface area contributed by atoms with Gasteiger partial charge in [-0.2, -0.15) is 4.39 Å². The minimum absolute atomic E-state index is 0.0537. The molecule has 33 heavy (non-hydrogen) atoms. The Morgan fingerprint density at radius 3 is 1.85 bits per heavy atom. The molecule has 3 rings (SSSR count). The molecule has 0 aromatic heterocycles. The van der Waals surface area contributed by atoms with E-state index in [1.165, 1.54) is 77.0 Å². The van der Waals surface area contributed by atoms with Gasteiger partial charge in [-0.05, 0) is 67.4 Å². The van der Waals surface area contributed by atoms with Crippen molar-refractivity contribution in [3.63, 3.8) is 0 Å². The van der Waals surface area contributed by atoms with E-state index in [1.54, 1.807) is 12.1 Å². The normalized spacial score (nSPS) is 25.8. The van der Waals surface area contributed by atoms with Gasteiger partial charge >= 0.3 is 0 Å². The van der Waals surface area contributed by atoms with Gasteiger partial charge in [0, 0.05) is 0 Å². The van der Waals surface area contributed by atoms with Gasteiger partial charge in [0.1, 0.15) is 0 Å². The molecule has 188 valence electrons. The molecule has 2 aliphatic rings. The Labute approximate surface area is 202 Å². The topological polar surface area (TPSA) is 9.23 Å². The van der Waals surface area contributed by atoms with Crippen molar-refractivity contribution in [1.29, 1.82) is 0 Å². The number of hydrogen-bond acceptors (Lipinski definition) is 1. The van der Waals surface area contributed by atoms with Crippen molar-refractivity contribution in [3.05, 3.63) is 29.3 Å². The number of ether oxygens (including phenoxy) is 1. The van der Waals surface area contributed by atoms with Crippen LogP contribution < -0.4 is 4.74 Å². The summed E-state index contributed by atoms with van der Waals surface area (Å²) in [6, 6.07) is 3.38. The van der Waals surface area contributed by atoms with Crippen molar-refractivity contribution < 1.29 is 13.5 Å². The smallest absolute Gasteiger partial charge is 0.200 e. The Morgan fingerprint density at radius 2 is 1.24 bits per heavy atom. The second-order valence-corrected chi connectivity index (χ2v) is 11.0. The lowest BCUT2D eigenvalue weighted by Gasteiger charge is -2.32. The molecule has 0 aliphatic heterocycles. The van der Waals surface area contributed by atoms with Crippen LogP contribution in [0.15, 0.2) is 12.1 Å². The Balaban J connectivity index is 1.33. The molecule has 1 nitrogen and oxygen atoms in total. The summed E-state index contributed by atoms with van der Waals surface area (Å²) < 4.78 is 34.4. The summed E-state index contributed by atoms with van der Waals surface area (Å²) in [5.74, 6) is 1.42. The van der Waals surface area contributed by atoms with Gasteiger partial charge in [0.25, 0.3) is 0 Å². The number of rotatable bonds is 13. The molecule has 0 N–H and O–H groups in total. The van der Waals surface area contributed by atoms with Crippen molar-refractivity contribution in [2.75, 3.05) is 6.61 Å². The first kappa shape index (κ1) is 26.5. The third-order valence-corrected chi connectivity index (χ3v) is 8.49. The maximum Gasteiger partial charge on any atom is 0.200 e. The summed E-state index contributed by atoms with van der Waals surface area (Å²) in [6.45, 7) is 4.67. The van der Waals surface area contributed by atoms with Crippen LogP contribution in [-0.4, -0.2) is 6.61 Å². The summed E-state index contributed by atoms with van der Waals surface area (Å²) in [6.07, 6.45) is 22.1. The highest BCUT2D eigenvalue weighted by atomic mass is 19.2. The van der Waals surface area contributed by atoms with Crippen molar-refractivity contribution in [2.24, 2.45) is 17.8 Å². The molecule has 0 atom stereocenters. The summed E-state index contributed by atoms with van der Waals surface area (Å²) in [5, 5.41) is 0. The number of benzene rings is 1. The standard InChI is InChI=1S/C30H48F2O/c1-3-5-6-7-8-9-23-10-12-24(13-11-23)14-15-25-16-18-26(19-17-25)27-20-21-28(33-22-4-2)30(32)29(27)31/h20-21,23-26H,3-19,22H2,1-2H3. The summed E-state index contributed by atoms with van der Waals surface area (Å²) in [5.41, 5.74) is 0.558. The van der Waals surface area contributed by atoms with Crippen LogP contribution in [0.4, 0.5) is 8.78 Å². The molecule has 0 heterocycles. The van der Waals surface area contributed by atoms with Crippen LogP contribution in [0, 0.1) is 29.4 Å². The molecule has 0 saturated heterocycles. The second-order valence-electron chi connectivity index (χ2n) is 11.0. The molecule has 2 aliphatic carbocycles. The molecule has 2 fully saturated rings. The van der Waals surface area contributed by atoms with Crippen LogP contribution in [0.2, 0.25) is 0 Å². The predicted molar refractivity (Wildman–Crippen MR) is 135 cm³/mol. The molecule has 1 aromatic rings. The van der Waals surface area contributed by atoms with Crippen LogP contribution in [0.25, 0.3) is 0 Å². The lowest BCUT2D eigenvalue weighted by molar-refractivity contribution is 0.221. The van der Waals surface area contributed by atoms with Crippen LogP contribution in [0.3, 0.4) is 0 Å². The number of unbranched alkanes of at least 4 members (excludes halogenated alkanes) is 4. The van der Waals surface area contributed by atoms with E-state index in [0.717, 1.165) is 49.9 Å². The van der Waals surface area contributed by atoms with Crippen LogP contribution in [0.1, 0.15) is 134 Å². The molecule has 2 saturated carbocycles. The van der Waals surface area contributed by atoms with Gasteiger partial charge < -0.3 is 4.74 Å². The number of hydrogen-bond donors (Lipinski definition) is 0. The number of halogens is 2. The second kappa shape index (κ2) is 14.3. The fraction of sp³-hybridized carbons (Fsp3) is 0.800. The Kier molecular flexibility index (Phi) is 11.5.